The molecule has 0 amide bonds. The van der Waals surface area contributed by atoms with E-state index in [1.165, 1.54) is 0 Å². The van der Waals surface area contributed by atoms with E-state index in [2.05, 4.69) is 15.4 Å². The normalized spacial score (nSPS) is 9.82. The molecule has 0 spiro atoms. The second-order valence-electron chi connectivity index (χ2n) is 3.51. The highest BCUT2D eigenvalue weighted by Crippen LogP contribution is 2.06. The van der Waals surface area contributed by atoms with Crippen LogP contribution in [0.1, 0.15) is 5.69 Å². The molecule has 2 heterocycles. The first-order valence-corrected chi connectivity index (χ1v) is 5.16. The standard InChI is InChI=1S/C11H12N6/c12-6-11-5-10(1-2-14-11)15-3-4-17-8-9(13)7-16-17/h1-2,5,7-8H,3-4,13H2,(H,14,15). The minimum atomic E-state index is 0.401. The van der Waals surface area contributed by atoms with Gasteiger partial charge in [0.25, 0.3) is 0 Å². The average molecular weight is 228 g/mol. The van der Waals surface area contributed by atoms with Gasteiger partial charge in [0, 0.05) is 24.6 Å². The lowest BCUT2D eigenvalue weighted by molar-refractivity contribution is 0.638. The van der Waals surface area contributed by atoms with Crippen molar-refractivity contribution >= 4 is 11.4 Å². The maximum absolute atomic E-state index is 8.70. The van der Waals surface area contributed by atoms with Crippen LogP contribution in [0.2, 0.25) is 0 Å². The zero-order chi connectivity index (χ0) is 12.1. The van der Waals surface area contributed by atoms with Crippen molar-refractivity contribution in [3.63, 3.8) is 0 Å². The number of nitrogens with two attached hydrogens (primary N) is 1. The van der Waals surface area contributed by atoms with Crippen molar-refractivity contribution in [2.75, 3.05) is 17.6 Å². The third-order valence-electron chi connectivity index (χ3n) is 2.20. The summed E-state index contributed by atoms with van der Waals surface area (Å²) < 4.78 is 1.76. The van der Waals surface area contributed by atoms with Gasteiger partial charge in [-0.3, -0.25) is 4.68 Å². The van der Waals surface area contributed by atoms with Gasteiger partial charge in [-0.25, -0.2) is 4.98 Å². The molecule has 3 N–H and O–H groups in total. The Kier molecular flexibility index (Phi) is 3.21. The quantitative estimate of drug-likeness (QED) is 0.809. The van der Waals surface area contributed by atoms with Gasteiger partial charge in [-0.05, 0) is 12.1 Å². The average Bonchev–Trinajstić information content (AvgIpc) is 2.75. The maximum Gasteiger partial charge on any atom is 0.142 e. The number of hydrogen-bond donors (Lipinski definition) is 2. The molecule has 86 valence electrons. The minimum absolute atomic E-state index is 0.401. The van der Waals surface area contributed by atoms with Gasteiger partial charge in [-0.15, -0.1) is 0 Å². The summed E-state index contributed by atoms with van der Waals surface area (Å²) in [5.74, 6) is 0. The number of nitrogen functional groups attached to an aromatic ring is 1. The molecule has 0 unspecified atom stereocenters. The number of aromatic nitrogens is 3. The summed E-state index contributed by atoms with van der Waals surface area (Å²) in [4.78, 5) is 3.89. The molecule has 0 aromatic carbocycles. The Labute approximate surface area is 98.7 Å². The van der Waals surface area contributed by atoms with Crippen molar-refractivity contribution in [2.24, 2.45) is 0 Å². The monoisotopic (exact) mass is 228 g/mol. The first-order valence-electron chi connectivity index (χ1n) is 5.16. The van der Waals surface area contributed by atoms with Crippen LogP contribution < -0.4 is 11.1 Å². The van der Waals surface area contributed by atoms with Crippen LogP contribution >= 0.6 is 0 Å². The van der Waals surface area contributed by atoms with Gasteiger partial charge in [-0.2, -0.15) is 10.4 Å². The van der Waals surface area contributed by atoms with Crippen LogP contribution in [0.15, 0.2) is 30.7 Å². The molecule has 0 atom stereocenters. The summed E-state index contributed by atoms with van der Waals surface area (Å²) in [6.07, 6.45) is 4.99. The molecule has 0 radical (unpaired) electrons. The third-order valence-corrected chi connectivity index (χ3v) is 2.20. The highest BCUT2D eigenvalue weighted by atomic mass is 15.3. The van der Waals surface area contributed by atoms with Gasteiger partial charge >= 0.3 is 0 Å². The van der Waals surface area contributed by atoms with Crippen molar-refractivity contribution in [1.29, 1.82) is 5.26 Å². The Morgan fingerprint density at radius 3 is 3.12 bits per heavy atom. The molecule has 2 aromatic heterocycles. The maximum atomic E-state index is 8.70. The second-order valence-corrected chi connectivity index (χ2v) is 3.51. The minimum Gasteiger partial charge on any atom is -0.396 e. The lowest BCUT2D eigenvalue weighted by Crippen LogP contribution is -2.10. The Bertz CT molecular complexity index is 539. The van der Waals surface area contributed by atoms with Gasteiger partial charge in [0.15, 0.2) is 0 Å². The highest BCUT2D eigenvalue weighted by Gasteiger charge is 1.97. The largest absolute Gasteiger partial charge is 0.396 e. The molecule has 2 rings (SSSR count). The van der Waals surface area contributed by atoms with E-state index in [0.29, 0.717) is 24.5 Å². The van der Waals surface area contributed by atoms with Crippen LogP contribution in [-0.2, 0) is 6.54 Å². The topological polar surface area (TPSA) is 92.5 Å². The number of anilines is 2. The molecule has 0 saturated carbocycles. The fourth-order valence-corrected chi connectivity index (χ4v) is 1.42. The van der Waals surface area contributed by atoms with Gasteiger partial charge in [0.1, 0.15) is 11.8 Å². The van der Waals surface area contributed by atoms with Crippen molar-refractivity contribution in [3.8, 4) is 6.07 Å². The molecule has 17 heavy (non-hydrogen) atoms. The SMILES string of the molecule is N#Cc1cc(NCCn2cc(N)cn2)ccn1. The molecule has 6 heteroatoms. The number of rotatable bonds is 4. The summed E-state index contributed by atoms with van der Waals surface area (Å²) in [6, 6.07) is 5.52. The van der Waals surface area contributed by atoms with E-state index in [1.807, 2.05) is 12.1 Å². The summed E-state index contributed by atoms with van der Waals surface area (Å²) in [5, 5.41) is 16.0. The zero-order valence-corrected chi connectivity index (χ0v) is 9.17. The molecule has 0 aliphatic heterocycles. The summed E-state index contributed by atoms with van der Waals surface area (Å²) in [5.41, 5.74) is 7.48. The van der Waals surface area contributed by atoms with Crippen molar-refractivity contribution < 1.29 is 0 Å². The Hall–Kier alpha value is -2.55. The Balaban J connectivity index is 1.88. The lowest BCUT2D eigenvalue weighted by atomic mass is 10.3. The Morgan fingerprint density at radius 1 is 1.53 bits per heavy atom. The third kappa shape index (κ3) is 2.95. The van der Waals surface area contributed by atoms with E-state index in [0.717, 1.165) is 5.69 Å². The first kappa shape index (κ1) is 11.0. The number of nitriles is 1. The van der Waals surface area contributed by atoms with E-state index in [4.69, 9.17) is 11.0 Å². The van der Waals surface area contributed by atoms with E-state index in [1.54, 1.807) is 29.3 Å². The summed E-state index contributed by atoms with van der Waals surface area (Å²) in [7, 11) is 0. The fourth-order valence-electron chi connectivity index (χ4n) is 1.42. The Morgan fingerprint density at radius 2 is 2.41 bits per heavy atom. The van der Waals surface area contributed by atoms with Gasteiger partial charge in [0.05, 0.1) is 18.4 Å². The highest BCUT2D eigenvalue weighted by molar-refractivity contribution is 5.45. The van der Waals surface area contributed by atoms with Crippen LogP contribution in [-0.4, -0.2) is 21.3 Å². The van der Waals surface area contributed by atoms with Crippen LogP contribution in [0, 0.1) is 11.3 Å². The number of hydrogen-bond acceptors (Lipinski definition) is 5. The van der Waals surface area contributed by atoms with Crippen molar-refractivity contribution in [1.82, 2.24) is 14.8 Å². The smallest absolute Gasteiger partial charge is 0.142 e. The van der Waals surface area contributed by atoms with Crippen LogP contribution in [0.3, 0.4) is 0 Å². The molecular formula is C11H12N6. The van der Waals surface area contributed by atoms with E-state index in [-0.39, 0.29) is 0 Å². The predicted octanol–water partition coefficient (Wildman–Crippen LogP) is 0.844. The molecule has 0 fully saturated rings. The van der Waals surface area contributed by atoms with Gasteiger partial charge in [0.2, 0.25) is 0 Å². The fraction of sp³-hybridized carbons (Fsp3) is 0.182. The van der Waals surface area contributed by atoms with Gasteiger partial charge in [-0.1, -0.05) is 0 Å². The van der Waals surface area contributed by atoms with Crippen molar-refractivity contribution in [2.45, 2.75) is 6.54 Å². The van der Waals surface area contributed by atoms with E-state index in [9.17, 15) is 0 Å². The van der Waals surface area contributed by atoms with E-state index >= 15 is 0 Å². The van der Waals surface area contributed by atoms with Crippen LogP contribution in [0.4, 0.5) is 11.4 Å². The molecule has 0 saturated heterocycles. The molecular weight excluding hydrogens is 216 g/mol. The molecule has 6 nitrogen and oxygen atoms in total. The lowest BCUT2D eigenvalue weighted by Gasteiger charge is -2.06. The molecule has 2 aromatic rings. The number of nitrogens with one attached hydrogen (secondary N) is 1. The summed E-state index contributed by atoms with van der Waals surface area (Å²) >= 11 is 0. The molecule has 0 aliphatic carbocycles. The number of pyridine rings is 1. The molecule has 0 bridgehead atoms. The van der Waals surface area contributed by atoms with Gasteiger partial charge < -0.3 is 11.1 Å². The molecule has 0 aliphatic rings. The summed E-state index contributed by atoms with van der Waals surface area (Å²) in [6.45, 7) is 1.41. The van der Waals surface area contributed by atoms with Crippen LogP contribution in [0.5, 0.6) is 0 Å². The zero-order valence-electron chi connectivity index (χ0n) is 9.17. The second kappa shape index (κ2) is 4.99. The predicted molar refractivity (Wildman–Crippen MR) is 64.1 cm³/mol. The van der Waals surface area contributed by atoms with Crippen LogP contribution in [0.25, 0.3) is 0 Å². The van der Waals surface area contributed by atoms with E-state index < -0.39 is 0 Å². The van der Waals surface area contributed by atoms with Crippen molar-refractivity contribution in [3.05, 3.63) is 36.4 Å². The number of nitrogens with zero attached hydrogens (tertiary/aromatic N) is 4. The first-order chi connectivity index (χ1) is 8.28.